The summed E-state index contributed by atoms with van der Waals surface area (Å²) in [6, 6.07) is 20.7. The number of non-ortho nitro benzene ring substituents is 1. The summed E-state index contributed by atoms with van der Waals surface area (Å²) in [7, 11) is -1.71. The van der Waals surface area contributed by atoms with Crippen molar-refractivity contribution in [2.24, 2.45) is 0 Å². The van der Waals surface area contributed by atoms with Gasteiger partial charge >= 0.3 is 0 Å². The summed E-state index contributed by atoms with van der Waals surface area (Å²) in [4.78, 5) is 10.6. The third kappa shape index (κ3) is 4.97. The Morgan fingerprint density at radius 1 is 1.00 bits per heavy atom. The molecule has 0 spiro atoms. The smallest absolute Gasteiger partial charge is 0.269 e. The van der Waals surface area contributed by atoms with Crippen LogP contribution in [0.3, 0.4) is 0 Å². The summed E-state index contributed by atoms with van der Waals surface area (Å²) in [6.07, 6.45) is 2.37. The molecule has 4 nitrogen and oxygen atoms in total. The van der Waals surface area contributed by atoms with Crippen molar-refractivity contribution in [1.82, 2.24) is 0 Å². The molecule has 150 valence electrons. The Kier molecular flexibility index (Phi) is 8.14. The van der Waals surface area contributed by atoms with E-state index in [-0.39, 0.29) is 22.4 Å². The second kappa shape index (κ2) is 10.3. The van der Waals surface area contributed by atoms with E-state index < -0.39 is 8.07 Å². The molecule has 0 N–H and O–H groups in total. The van der Waals surface area contributed by atoms with Crippen molar-refractivity contribution in [3.05, 3.63) is 88.5 Å². The van der Waals surface area contributed by atoms with E-state index in [0.717, 1.165) is 23.7 Å². The van der Waals surface area contributed by atoms with Gasteiger partial charge in [-0.2, -0.15) is 0 Å². The van der Waals surface area contributed by atoms with Gasteiger partial charge in [0.15, 0.2) is 0 Å². The number of nitro groups is 1. The van der Waals surface area contributed by atoms with Gasteiger partial charge in [-0.3, -0.25) is 10.1 Å². The number of nitrogens with zero attached hydrogens (tertiary/aromatic N) is 1. The van der Waals surface area contributed by atoms with Gasteiger partial charge in [-0.1, -0.05) is 75.3 Å². The summed E-state index contributed by atoms with van der Waals surface area (Å²) < 4.78 is 6.82. The normalized spacial score (nSPS) is 13.7. The summed E-state index contributed by atoms with van der Waals surface area (Å²) in [6.45, 7) is 10.8. The van der Waals surface area contributed by atoms with Crippen molar-refractivity contribution in [1.29, 1.82) is 0 Å². The van der Waals surface area contributed by atoms with Crippen molar-refractivity contribution < 1.29 is 9.66 Å². The van der Waals surface area contributed by atoms with Crippen LogP contribution in [0.4, 0.5) is 5.69 Å². The molecule has 0 aliphatic heterocycles. The lowest BCUT2D eigenvalue weighted by Gasteiger charge is -2.39. The van der Waals surface area contributed by atoms with Crippen LogP contribution in [0, 0.1) is 10.1 Å². The maximum absolute atomic E-state index is 11.0. The molecular formula is C23H31NO3Si. The molecule has 0 aliphatic rings. The van der Waals surface area contributed by atoms with Crippen LogP contribution in [0.1, 0.15) is 50.2 Å². The highest BCUT2D eigenvalue weighted by atomic mass is 28.3. The van der Waals surface area contributed by atoms with Crippen molar-refractivity contribution in [3.63, 3.8) is 0 Å². The molecule has 0 fully saturated rings. The van der Waals surface area contributed by atoms with Crippen LogP contribution >= 0.6 is 0 Å². The minimum absolute atomic E-state index is 0.0776. The Bertz CT molecular complexity index is 749. The molecule has 2 rings (SSSR count). The minimum atomic E-state index is -1.71. The molecule has 0 saturated carbocycles. The third-order valence-electron chi connectivity index (χ3n) is 5.93. The van der Waals surface area contributed by atoms with Gasteiger partial charge in [-0.05, 0) is 29.7 Å². The summed E-state index contributed by atoms with van der Waals surface area (Å²) >= 11 is 0. The zero-order chi connectivity index (χ0) is 20.6. The maximum Gasteiger partial charge on any atom is 0.269 e. The van der Waals surface area contributed by atoms with Crippen LogP contribution in [-0.4, -0.2) is 13.0 Å². The van der Waals surface area contributed by atoms with Crippen LogP contribution < -0.4 is 0 Å². The first-order valence-electron chi connectivity index (χ1n) is 10.1. The number of rotatable bonds is 11. The van der Waals surface area contributed by atoms with Crippen LogP contribution in [0.15, 0.2) is 67.3 Å². The highest BCUT2D eigenvalue weighted by molar-refractivity contribution is 6.80. The monoisotopic (exact) mass is 397 g/mol. The van der Waals surface area contributed by atoms with E-state index in [2.05, 4.69) is 51.6 Å². The van der Waals surface area contributed by atoms with Crippen molar-refractivity contribution >= 4 is 13.8 Å². The Morgan fingerprint density at radius 3 is 2.04 bits per heavy atom. The van der Waals surface area contributed by atoms with E-state index in [1.54, 1.807) is 24.3 Å². The van der Waals surface area contributed by atoms with E-state index in [9.17, 15) is 10.1 Å². The van der Waals surface area contributed by atoms with E-state index >= 15 is 0 Å². The SMILES string of the molecule is C=CC[C@H](O[C@H](c1ccccc1)[Si](CC)(CC)CC)c1ccc([N+](=O)[O-])cc1. The lowest BCUT2D eigenvalue weighted by molar-refractivity contribution is -0.384. The molecule has 0 bridgehead atoms. The fourth-order valence-corrected chi connectivity index (χ4v) is 7.87. The van der Waals surface area contributed by atoms with Crippen LogP contribution in [0.25, 0.3) is 0 Å². The van der Waals surface area contributed by atoms with Gasteiger partial charge < -0.3 is 4.74 Å². The van der Waals surface area contributed by atoms with Gasteiger partial charge in [0.05, 0.1) is 24.8 Å². The van der Waals surface area contributed by atoms with E-state index in [1.807, 2.05) is 12.1 Å². The fraction of sp³-hybridized carbons (Fsp3) is 0.391. The third-order valence-corrected chi connectivity index (χ3v) is 11.7. The molecule has 0 amide bonds. The molecular weight excluding hydrogens is 366 g/mol. The standard InChI is InChI=1S/C23H31NO3Si/c1-5-12-22(19-15-17-21(18-16-19)24(25)26)27-23(20-13-10-9-11-14-20)28(6-2,7-3)8-4/h5,9-11,13-18,22-23H,1,6-8,12H2,2-4H3/t22-,23-/m0/s1. The van der Waals surface area contributed by atoms with Crippen molar-refractivity contribution in [3.8, 4) is 0 Å². The molecule has 0 unspecified atom stereocenters. The molecule has 2 atom stereocenters. The topological polar surface area (TPSA) is 52.4 Å². The largest absolute Gasteiger partial charge is 0.369 e. The minimum Gasteiger partial charge on any atom is -0.369 e. The number of hydrogen-bond donors (Lipinski definition) is 0. The number of ether oxygens (including phenoxy) is 1. The highest BCUT2D eigenvalue weighted by Gasteiger charge is 2.39. The molecule has 2 aromatic carbocycles. The second-order valence-electron chi connectivity index (χ2n) is 7.21. The Labute approximate surface area is 169 Å². The predicted octanol–water partition coefficient (Wildman–Crippen LogP) is 7.02. The Morgan fingerprint density at radius 2 is 1.57 bits per heavy atom. The zero-order valence-electron chi connectivity index (χ0n) is 17.1. The van der Waals surface area contributed by atoms with E-state index in [1.165, 1.54) is 5.56 Å². The highest BCUT2D eigenvalue weighted by Crippen LogP contribution is 2.41. The molecule has 2 aromatic rings. The molecule has 0 heterocycles. The molecule has 0 aromatic heterocycles. The van der Waals surface area contributed by atoms with Gasteiger partial charge in [0.25, 0.3) is 5.69 Å². The maximum atomic E-state index is 11.0. The molecule has 0 aliphatic carbocycles. The fourth-order valence-electron chi connectivity index (χ4n) is 3.91. The molecule has 0 saturated heterocycles. The first kappa shape index (κ1) is 22.1. The first-order valence-corrected chi connectivity index (χ1v) is 12.8. The second-order valence-corrected chi connectivity index (χ2v) is 12.6. The number of nitro benzene ring substituents is 1. The molecule has 28 heavy (non-hydrogen) atoms. The van der Waals surface area contributed by atoms with Crippen molar-refractivity contribution in [2.45, 2.75) is 57.2 Å². The van der Waals surface area contributed by atoms with E-state index in [0.29, 0.717) is 6.42 Å². The average Bonchev–Trinajstić information content (AvgIpc) is 2.74. The van der Waals surface area contributed by atoms with Crippen LogP contribution in [-0.2, 0) is 4.74 Å². The quantitative estimate of drug-likeness (QED) is 0.177. The Hall–Kier alpha value is -2.24. The lowest BCUT2D eigenvalue weighted by atomic mass is 10.1. The molecule has 5 heteroatoms. The predicted molar refractivity (Wildman–Crippen MR) is 118 cm³/mol. The number of benzene rings is 2. The summed E-state index contributed by atoms with van der Waals surface area (Å²) in [5.74, 6) is 0. The Balaban J connectivity index is 2.43. The molecule has 0 radical (unpaired) electrons. The van der Waals surface area contributed by atoms with Gasteiger partial charge in [0, 0.05) is 12.1 Å². The summed E-state index contributed by atoms with van der Waals surface area (Å²) in [5.41, 5.74) is 2.36. The first-order chi connectivity index (χ1) is 13.5. The van der Waals surface area contributed by atoms with Gasteiger partial charge in [0.2, 0.25) is 0 Å². The lowest BCUT2D eigenvalue weighted by Crippen LogP contribution is -2.41. The summed E-state index contributed by atoms with van der Waals surface area (Å²) in [5, 5.41) is 11.0. The van der Waals surface area contributed by atoms with Gasteiger partial charge in [0.1, 0.15) is 0 Å². The number of hydrogen-bond acceptors (Lipinski definition) is 3. The van der Waals surface area contributed by atoms with E-state index in [4.69, 9.17) is 4.74 Å². The van der Waals surface area contributed by atoms with Crippen LogP contribution in [0.5, 0.6) is 0 Å². The van der Waals surface area contributed by atoms with Gasteiger partial charge in [-0.15, -0.1) is 6.58 Å². The van der Waals surface area contributed by atoms with Gasteiger partial charge in [-0.25, -0.2) is 0 Å². The zero-order valence-corrected chi connectivity index (χ0v) is 18.1. The van der Waals surface area contributed by atoms with Crippen molar-refractivity contribution in [2.75, 3.05) is 0 Å². The average molecular weight is 398 g/mol. The van der Waals surface area contributed by atoms with Crippen LogP contribution in [0.2, 0.25) is 18.1 Å².